The van der Waals surface area contributed by atoms with Gasteiger partial charge in [0.15, 0.2) is 0 Å². The van der Waals surface area contributed by atoms with Gasteiger partial charge < -0.3 is 139 Å². The van der Waals surface area contributed by atoms with Crippen LogP contribution in [0.4, 0.5) is 9.59 Å². The van der Waals surface area contributed by atoms with E-state index in [0.717, 1.165) is 0 Å². The van der Waals surface area contributed by atoms with Gasteiger partial charge >= 0.3 is 89.0 Å². The fraction of sp³-hybridized carbons (Fsp3) is 0.737. The van der Waals surface area contributed by atoms with E-state index in [4.69, 9.17) is 129 Å². The van der Waals surface area contributed by atoms with E-state index < -0.39 is 96.1 Å². The molecule has 0 aliphatic heterocycles. The number of carboxylic acids is 7. The minimum absolute atomic E-state index is 0. The molecule has 0 spiro atoms. The van der Waals surface area contributed by atoms with Crippen molar-refractivity contribution in [3.8, 4) is 0 Å². The molecule has 0 aromatic carbocycles. The van der Waals surface area contributed by atoms with Crippen molar-refractivity contribution < 1.29 is 155 Å². The topological polar surface area (TPSA) is 770 Å². The Morgan fingerprint density at radius 2 is 0.551 bits per heavy atom. The van der Waals surface area contributed by atoms with Gasteiger partial charge in [-0.3, -0.25) is 38.4 Å². The zero-order chi connectivity index (χ0) is 61.5. The van der Waals surface area contributed by atoms with Gasteiger partial charge in [0.2, 0.25) is 6.41 Å². The molecular weight excluding hydrogens is 1250 g/mol. The fourth-order valence-corrected chi connectivity index (χ4v) is 3.33. The number of rotatable bonds is 29. The molecule has 0 aromatic heterocycles. The van der Waals surface area contributed by atoms with Crippen molar-refractivity contribution in [3.05, 3.63) is 34.4 Å². The van der Waals surface area contributed by atoms with Crippen molar-refractivity contribution in [1.29, 1.82) is 0 Å². The molecule has 0 rings (SSSR count). The van der Waals surface area contributed by atoms with Gasteiger partial charge in [-0.25, -0.2) is 9.59 Å². The predicted molar refractivity (Wildman–Crippen MR) is 271 cm³/mol. The first-order valence-corrected chi connectivity index (χ1v) is 22.3. The van der Waals surface area contributed by atoms with E-state index in [-0.39, 0.29) is 64.0 Å². The summed E-state index contributed by atoms with van der Waals surface area (Å²) in [5, 5.41) is 59.7. The van der Waals surface area contributed by atoms with Gasteiger partial charge in [0.1, 0.15) is 6.04 Å². The summed E-state index contributed by atoms with van der Waals surface area (Å²) in [6.45, 7) is 3.12. The molecule has 0 heterocycles. The van der Waals surface area contributed by atoms with Gasteiger partial charge in [-0.15, -0.1) is 0 Å². The third-order valence-corrected chi connectivity index (χ3v) is 7.28. The van der Waals surface area contributed by atoms with Crippen LogP contribution in [0.15, 0.2) is 0 Å². The summed E-state index contributed by atoms with van der Waals surface area (Å²) in [6, 6.07) is -8.28. The first-order chi connectivity index (χ1) is 34.8. The average molecular weight is 1340 g/mol. The fourth-order valence-electron chi connectivity index (χ4n) is 3.33. The summed E-state index contributed by atoms with van der Waals surface area (Å²) in [7, 11) is 0. The third kappa shape index (κ3) is 120. The molecule has 0 aliphatic rings. The summed E-state index contributed by atoms with van der Waals surface area (Å²) in [6.07, 6.45) is 6.88. The number of carbonyl (C=O) groups excluding carboxylic acids is 3. The third-order valence-electron chi connectivity index (χ3n) is 7.28. The van der Waals surface area contributed by atoms with Crippen LogP contribution in [0.1, 0.15) is 89.9 Å². The van der Waals surface area contributed by atoms with Crippen LogP contribution < -0.4 is 68.4 Å². The van der Waals surface area contributed by atoms with E-state index in [1.807, 2.05) is 0 Å². The van der Waals surface area contributed by atoms with Crippen LogP contribution in [0.3, 0.4) is 0 Å². The van der Waals surface area contributed by atoms with E-state index in [1.165, 1.54) is 0 Å². The normalized spacial score (nSPS) is 11.5. The van der Waals surface area contributed by atoms with E-state index in [2.05, 4.69) is 38.5 Å². The maximum atomic E-state index is 10.1. The number of aliphatic carboxylic acids is 7. The van der Waals surface area contributed by atoms with Gasteiger partial charge in [0, 0.05) is 6.54 Å². The summed E-state index contributed by atoms with van der Waals surface area (Å²) in [5.74, 6) is -7.43. The van der Waals surface area contributed by atoms with Crippen molar-refractivity contribution in [2.45, 2.75) is 132 Å². The Labute approximate surface area is 493 Å². The number of carboxylic acid groups (broad SMARTS) is 7. The minimum atomic E-state index is -1.14. The molecule has 40 heteroatoms. The zero-order valence-electron chi connectivity index (χ0n) is 42.6. The number of amides is 5. The molecule has 0 saturated heterocycles. The molecule has 5 amide bonds. The first kappa shape index (κ1) is 106. The Morgan fingerprint density at radius 3 is 0.679 bits per heavy atom. The molecule has 78 heavy (non-hydrogen) atoms. The second kappa shape index (κ2) is 84.0. The van der Waals surface area contributed by atoms with Gasteiger partial charge in [0.25, 0.3) is 35.8 Å². The molecule has 480 valence electrons. The van der Waals surface area contributed by atoms with Crippen molar-refractivity contribution in [1.82, 2.24) is 5.32 Å². The Bertz CT molecular complexity index is 1250. The zero-order valence-corrected chi connectivity index (χ0v) is 46.4. The predicted octanol–water partition coefficient (Wildman–Crippen LogP) is -1.77. The summed E-state index contributed by atoms with van der Waals surface area (Å²) < 4.78 is 7.81. The van der Waals surface area contributed by atoms with Gasteiger partial charge in [0.05, 0.1) is 0 Å². The molecule has 7 atom stereocenters. The molecule has 0 saturated carbocycles. The Hall–Kier alpha value is -4.34. The number of carbonyl (C=O) groups is 10. The van der Waals surface area contributed by atoms with Crippen LogP contribution in [0, 0.1) is 0 Å². The second-order valence-electron chi connectivity index (χ2n) is 13.8. The number of urea groups is 2. The van der Waals surface area contributed by atoms with Crippen LogP contribution in [-0.2, 0) is 109 Å². The van der Waals surface area contributed by atoms with Crippen molar-refractivity contribution in [3.63, 3.8) is 0 Å². The quantitative estimate of drug-likeness (QED) is 0.0224. The van der Waals surface area contributed by atoms with Crippen molar-refractivity contribution in [2.75, 3.05) is 45.8 Å². The van der Waals surface area contributed by atoms with Crippen LogP contribution in [0.2, 0.25) is 0 Å². The molecule has 36 nitrogen and oxygen atoms in total. The van der Waals surface area contributed by atoms with Gasteiger partial charge in [-0.1, -0.05) is 38.5 Å². The monoisotopic (exact) mass is 1330 g/mol. The van der Waals surface area contributed by atoms with Gasteiger partial charge in [-0.2, -0.15) is 0 Å². The van der Waals surface area contributed by atoms with E-state index in [0.29, 0.717) is 129 Å². The molecule has 36 N–H and O–H groups in total. The molecule has 0 fully saturated rings. The van der Waals surface area contributed by atoms with E-state index in [9.17, 15) is 38.4 Å². The molecular formula is C38H86Cu4N18O18. The molecule has 7 unspecified atom stereocenters. The number of nitrogens with one attached hydrogen (secondary N) is 7. The number of hydrogen-bond acceptors (Lipinski definition) is 18. The van der Waals surface area contributed by atoms with Crippen LogP contribution in [0.5, 0.6) is 0 Å². The Morgan fingerprint density at radius 1 is 0.397 bits per heavy atom. The molecule has 0 aromatic rings. The van der Waals surface area contributed by atoms with Crippen molar-refractivity contribution in [2.24, 2.45) is 63.1 Å². The van der Waals surface area contributed by atoms with Crippen LogP contribution in [-0.4, -0.2) is 184 Å². The Balaban J connectivity index is -0.0000000557. The number of nitrogens with two attached hydrogens (primary N) is 11. The molecule has 0 bridgehead atoms. The van der Waals surface area contributed by atoms with Gasteiger partial charge in [-0.05, 0) is 127 Å². The van der Waals surface area contributed by atoms with Crippen LogP contribution >= 0.6 is 0 Å². The molecule has 3 radical (unpaired) electrons. The first-order valence-electron chi connectivity index (χ1n) is 22.0. The summed E-state index contributed by atoms with van der Waals surface area (Å²) >= 11 is 2.94. The van der Waals surface area contributed by atoms with E-state index >= 15 is 0 Å². The Kier molecular flexibility index (Phi) is 114. The standard InChI is InChI=1S/C6H12N3O3.C5H12N2O2.5C5H11N2O2.CH4N2O.CH3NO.4Cu.O/c7-4(5(10)11)2-1-3-9-6(8)12;6*6-3-1-2-4(7)5(8)9;2-1(3)4;2-1-3;;;;;/h4,7H,1-3H2,(H,10,11)(H3,8,9,12);4H,1-3,6-7H2,(H,8,9);5*4,7H,1-3,6H2,(H,8,9);(H4,2,3,4);1H,(H2,2,3);;;;;/q-1;;5*-1;;;;3*+2;. The van der Waals surface area contributed by atoms with E-state index in [1.54, 1.807) is 0 Å². The maximum absolute atomic E-state index is 10.1. The number of primary amides is 4. The average Bonchev–Trinajstić information content (AvgIpc) is 3.34. The molecule has 0 aliphatic carbocycles. The SMILES string of the molecule is NC(N)=O.NC=O.NCCCC(N)C(=O)O.[Cu+2].[Cu+2].[Cu+2].[NH-]C(CCCN)C(=O)O.[NH-]C(CCCN)C(=O)O.[NH-]C(CCCN)C(=O)O.[NH-]C(CCCN)C(=O)O.[NH-]C(CCCN)C(=O)O.[NH-]C(CCCNC(N)=O)C(=O)O.[O]=[Cu]. The summed E-state index contributed by atoms with van der Waals surface area (Å²) in [4.78, 5) is 97.8. The van der Waals surface area contributed by atoms with Crippen molar-refractivity contribution >= 4 is 60.3 Å². The second-order valence-corrected chi connectivity index (χ2v) is 13.8. The number of hydrogen-bond donors (Lipinski definition) is 19. The summed E-state index contributed by atoms with van der Waals surface area (Å²) in [5.41, 5.74) is 94.5. The van der Waals surface area contributed by atoms with Crippen LogP contribution in [0.25, 0.3) is 34.4 Å².